The Morgan fingerprint density at radius 2 is 1.74 bits per heavy atom. The Bertz CT molecular complexity index is 1230. The summed E-state index contributed by atoms with van der Waals surface area (Å²) in [6, 6.07) is 10.4. The lowest BCUT2D eigenvalue weighted by Crippen LogP contribution is -2.48. The summed E-state index contributed by atoms with van der Waals surface area (Å²) in [5.74, 6) is -1.07. The summed E-state index contributed by atoms with van der Waals surface area (Å²) in [6.07, 6.45) is 0.621. The van der Waals surface area contributed by atoms with Gasteiger partial charge in [0.2, 0.25) is 12.3 Å². The third-order valence-corrected chi connectivity index (χ3v) is 6.01. The van der Waals surface area contributed by atoms with Crippen molar-refractivity contribution in [3.8, 4) is 0 Å². The predicted octanol–water partition coefficient (Wildman–Crippen LogP) is 5.83. The van der Waals surface area contributed by atoms with Crippen LogP contribution in [0.15, 0.2) is 42.5 Å². The van der Waals surface area contributed by atoms with Gasteiger partial charge in [0.1, 0.15) is 11.7 Å². The number of fused-ring (bicyclic) bond motifs is 1. The Balaban J connectivity index is 2.27. The van der Waals surface area contributed by atoms with E-state index in [1.165, 1.54) is 4.90 Å². The number of amides is 2. The molecule has 2 aromatic carbocycles. The van der Waals surface area contributed by atoms with Gasteiger partial charge in [0, 0.05) is 32.1 Å². The number of hydrogen-bond donors (Lipinski definition) is 2. The highest BCUT2D eigenvalue weighted by Gasteiger charge is 2.38. The van der Waals surface area contributed by atoms with Crippen LogP contribution < -0.4 is 5.32 Å². The third-order valence-electron chi connectivity index (χ3n) is 5.52. The van der Waals surface area contributed by atoms with Crippen molar-refractivity contribution in [1.82, 2.24) is 15.2 Å². The van der Waals surface area contributed by atoms with Crippen molar-refractivity contribution in [2.45, 2.75) is 52.2 Å². The second-order valence-electron chi connectivity index (χ2n) is 9.25. The van der Waals surface area contributed by atoms with Crippen LogP contribution in [0.2, 0.25) is 10.0 Å². The van der Waals surface area contributed by atoms with Crippen molar-refractivity contribution in [2.24, 2.45) is 0 Å². The number of aromatic amines is 1. The van der Waals surface area contributed by atoms with Crippen LogP contribution in [0.5, 0.6) is 0 Å². The SMILES string of the molecule is CCOC(=O)c1[nH]c2cc(Cl)ccc2c1C(C(=O)NC(C)(C)C)N(C=O)C(C)c1ccc(Cl)cc1. The van der Waals surface area contributed by atoms with E-state index < -0.39 is 29.5 Å². The highest BCUT2D eigenvalue weighted by atomic mass is 35.5. The topological polar surface area (TPSA) is 91.5 Å². The molecule has 0 spiro atoms. The maximum atomic E-state index is 13.8. The molecular formula is C26H29Cl2N3O4. The van der Waals surface area contributed by atoms with Gasteiger partial charge in [0.05, 0.1) is 12.6 Å². The molecule has 9 heteroatoms. The highest BCUT2D eigenvalue weighted by Crippen LogP contribution is 2.37. The fourth-order valence-electron chi connectivity index (χ4n) is 3.98. The molecule has 3 rings (SSSR count). The van der Waals surface area contributed by atoms with E-state index in [0.29, 0.717) is 32.9 Å². The van der Waals surface area contributed by atoms with Gasteiger partial charge in [-0.15, -0.1) is 0 Å². The lowest BCUT2D eigenvalue weighted by Gasteiger charge is -2.35. The molecule has 1 aromatic heterocycles. The smallest absolute Gasteiger partial charge is 0.355 e. The summed E-state index contributed by atoms with van der Waals surface area (Å²) in [5, 5.41) is 4.56. The van der Waals surface area contributed by atoms with Crippen molar-refractivity contribution in [3.63, 3.8) is 0 Å². The normalized spacial score (nSPS) is 13.2. The summed E-state index contributed by atoms with van der Waals surface area (Å²) in [7, 11) is 0. The Morgan fingerprint density at radius 1 is 1.11 bits per heavy atom. The number of carbonyl (C=O) groups excluding carboxylic acids is 3. The lowest BCUT2D eigenvalue weighted by molar-refractivity contribution is -0.136. The van der Waals surface area contributed by atoms with E-state index in [1.807, 2.05) is 27.7 Å². The number of aromatic nitrogens is 1. The summed E-state index contributed by atoms with van der Waals surface area (Å²) < 4.78 is 5.27. The van der Waals surface area contributed by atoms with Crippen LogP contribution in [0.4, 0.5) is 0 Å². The van der Waals surface area contributed by atoms with Gasteiger partial charge in [0.25, 0.3) is 0 Å². The number of H-pyrrole nitrogens is 1. The zero-order valence-corrected chi connectivity index (χ0v) is 21.8. The van der Waals surface area contributed by atoms with Crippen LogP contribution in [0.1, 0.15) is 68.3 Å². The van der Waals surface area contributed by atoms with Crippen LogP contribution >= 0.6 is 23.2 Å². The molecule has 186 valence electrons. The average Bonchev–Trinajstić information content (AvgIpc) is 3.14. The maximum absolute atomic E-state index is 13.8. The number of nitrogens with zero attached hydrogens (tertiary/aromatic N) is 1. The summed E-state index contributed by atoms with van der Waals surface area (Å²) in [4.78, 5) is 43.8. The van der Waals surface area contributed by atoms with E-state index in [0.717, 1.165) is 5.56 Å². The number of carbonyl (C=O) groups is 3. The second-order valence-corrected chi connectivity index (χ2v) is 10.1. The molecule has 7 nitrogen and oxygen atoms in total. The molecule has 0 saturated heterocycles. The molecule has 3 aromatic rings. The molecule has 0 radical (unpaired) electrons. The average molecular weight is 518 g/mol. The Labute approximate surface area is 214 Å². The Kier molecular flexibility index (Phi) is 8.13. The molecule has 2 N–H and O–H groups in total. The van der Waals surface area contributed by atoms with Gasteiger partial charge in [-0.2, -0.15) is 0 Å². The Morgan fingerprint density at radius 3 is 2.31 bits per heavy atom. The molecule has 2 atom stereocenters. The number of rotatable bonds is 8. The van der Waals surface area contributed by atoms with Crippen molar-refractivity contribution in [1.29, 1.82) is 0 Å². The first-order valence-electron chi connectivity index (χ1n) is 11.2. The zero-order valence-electron chi connectivity index (χ0n) is 20.3. The van der Waals surface area contributed by atoms with Gasteiger partial charge in [0.15, 0.2) is 0 Å². The first-order valence-corrected chi connectivity index (χ1v) is 12.0. The van der Waals surface area contributed by atoms with Crippen LogP contribution in [-0.2, 0) is 14.3 Å². The fourth-order valence-corrected chi connectivity index (χ4v) is 4.28. The maximum Gasteiger partial charge on any atom is 0.355 e. The lowest BCUT2D eigenvalue weighted by atomic mass is 9.96. The molecule has 2 unspecified atom stereocenters. The molecule has 2 amide bonds. The fraction of sp³-hybridized carbons (Fsp3) is 0.346. The minimum Gasteiger partial charge on any atom is -0.461 e. The van der Waals surface area contributed by atoms with Gasteiger partial charge in [-0.05, 0) is 64.4 Å². The van der Waals surface area contributed by atoms with E-state index in [1.54, 1.807) is 49.4 Å². The van der Waals surface area contributed by atoms with E-state index in [2.05, 4.69) is 10.3 Å². The first kappa shape index (κ1) is 26.6. The highest BCUT2D eigenvalue weighted by molar-refractivity contribution is 6.31. The Hall–Kier alpha value is -3.03. The molecule has 0 saturated carbocycles. The number of ether oxygens (including phenoxy) is 1. The summed E-state index contributed by atoms with van der Waals surface area (Å²) in [5.41, 5.74) is 1.16. The monoisotopic (exact) mass is 517 g/mol. The van der Waals surface area contributed by atoms with Crippen molar-refractivity contribution < 1.29 is 19.1 Å². The quantitative estimate of drug-likeness (QED) is 0.290. The van der Waals surface area contributed by atoms with E-state index in [4.69, 9.17) is 27.9 Å². The van der Waals surface area contributed by atoms with E-state index in [-0.39, 0.29) is 12.3 Å². The molecule has 0 aliphatic rings. The molecule has 0 aliphatic heterocycles. The zero-order chi connectivity index (χ0) is 25.9. The molecule has 35 heavy (non-hydrogen) atoms. The van der Waals surface area contributed by atoms with Gasteiger partial charge < -0.3 is 19.9 Å². The standard InChI is InChI=1S/C26H29Cl2N3O4/c1-6-35-25(34)22-21(19-12-11-18(28)13-20(19)29-22)23(24(33)30-26(3,4)5)31(14-32)15(2)16-7-9-17(27)10-8-16/h7-15,23,29H,6H2,1-5H3,(H,30,33). The summed E-state index contributed by atoms with van der Waals surface area (Å²) in [6.45, 7) is 9.18. The number of benzene rings is 2. The van der Waals surface area contributed by atoms with Crippen molar-refractivity contribution in [2.75, 3.05) is 6.61 Å². The van der Waals surface area contributed by atoms with Gasteiger partial charge in [-0.3, -0.25) is 9.59 Å². The van der Waals surface area contributed by atoms with Crippen molar-refractivity contribution >= 4 is 52.4 Å². The van der Waals surface area contributed by atoms with Gasteiger partial charge in [-0.1, -0.05) is 41.4 Å². The molecule has 1 heterocycles. The number of nitrogens with one attached hydrogen (secondary N) is 2. The number of hydrogen-bond acceptors (Lipinski definition) is 4. The van der Waals surface area contributed by atoms with Gasteiger partial charge >= 0.3 is 5.97 Å². The first-order chi connectivity index (χ1) is 16.5. The van der Waals surface area contributed by atoms with Gasteiger partial charge in [-0.25, -0.2) is 4.79 Å². The molecule has 0 fully saturated rings. The molecule has 0 aliphatic carbocycles. The minimum atomic E-state index is -1.15. The molecule has 0 bridgehead atoms. The number of halogens is 2. The largest absolute Gasteiger partial charge is 0.461 e. The van der Waals surface area contributed by atoms with Crippen LogP contribution in [-0.4, -0.2) is 40.3 Å². The second kappa shape index (κ2) is 10.7. The van der Waals surface area contributed by atoms with Crippen molar-refractivity contribution in [3.05, 3.63) is 69.3 Å². The van der Waals surface area contributed by atoms with E-state index in [9.17, 15) is 14.4 Å². The predicted molar refractivity (Wildman–Crippen MR) is 138 cm³/mol. The molecular weight excluding hydrogens is 489 g/mol. The van der Waals surface area contributed by atoms with Crippen LogP contribution in [0, 0.1) is 0 Å². The summed E-state index contributed by atoms with van der Waals surface area (Å²) >= 11 is 12.2. The van der Waals surface area contributed by atoms with E-state index >= 15 is 0 Å². The van der Waals surface area contributed by atoms with Crippen LogP contribution in [0.3, 0.4) is 0 Å². The number of esters is 1. The van der Waals surface area contributed by atoms with Crippen LogP contribution in [0.25, 0.3) is 10.9 Å². The minimum absolute atomic E-state index is 0.0910. The third kappa shape index (κ3) is 5.97.